The molecular weight excluding hydrogens is 412 g/mol. The van der Waals surface area contributed by atoms with Gasteiger partial charge in [0.1, 0.15) is 5.60 Å². The summed E-state index contributed by atoms with van der Waals surface area (Å²) in [5.41, 5.74) is 1.10. The topological polar surface area (TPSA) is 20.2 Å². The highest BCUT2D eigenvalue weighted by Crippen LogP contribution is 2.68. The van der Waals surface area contributed by atoms with Crippen molar-refractivity contribution in [1.82, 2.24) is 0 Å². The van der Waals surface area contributed by atoms with E-state index in [1.54, 1.807) is 0 Å². The Bertz CT molecular complexity index is 872. The largest absolute Gasteiger partial charge is 0.381 e. The maximum absolute atomic E-state index is 11.6. The first kappa shape index (κ1) is 24.6. The number of aliphatic hydroxyl groups is 1. The molecule has 0 aromatic heterocycles. The maximum Gasteiger partial charge on any atom is 0.108 e. The number of hydrogen-bond donors (Lipinski definition) is 1. The van der Waals surface area contributed by atoms with Crippen molar-refractivity contribution in [2.45, 2.75) is 104 Å². The minimum absolute atomic E-state index is 0.256. The van der Waals surface area contributed by atoms with Crippen molar-refractivity contribution in [3.05, 3.63) is 48.0 Å². The highest BCUT2D eigenvalue weighted by molar-refractivity contribution is 5.31. The summed E-state index contributed by atoms with van der Waals surface area (Å²) in [6.45, 7) is 12.6. The standard InChI is InChI=1S/C33H50O/c1-23(2)10-9-11-24(3)28-16-17-29-27-15-14-26-22-33(34,25-12-7-6-8-13-25)21-20-31(26,4)30(27)18-19-32(28,29)5/h6-8,12-13,20-21,23-24,26-30,34H,9-11,14-19,22H2,1-5H3/t24-,26?,27+,28-,29+,30+,31+,32-,33?/m1/s1. The number of fused-ring (bicyclic) bond motifs is 5. The molecule has 1 aromatic rings. The van der Waals surface area contributed by atoms with Gasteiger partial charge in [0.25, 0.3) is 0 Å². The molecule has 0 aliphatic heterocycles. The van der Waals surface area contributed by atoms with Crippen molar-refractivity contribution in [3.8, 4) is 0 Å². The Hall–Kier alpha value is -1.08. The van der Waals surface area contributed by atoms with Crippen molar-refractivity contribution >= 4 is 0 Å². The average molecular weight is 463 g/mol. The van der Waals surface area contributed by atoms with Gasteiger partial charge in [0.2, 0.25) is 0 Å². The fourth-order valence-electron chi connectivity index (χ4n) is 9.78. The Kier molecular flexibility index (Phi) is 6.58. The van der Waals surface area contributed by atoms with Gasteiger partial charge < -0.3 is 5.11 Å². The highest BCUT2D eigenvalue weighted by Gasteiger charge is 2.60. The van der Waals surface area contributed by atoms with E-state index in [0.717, 1.165) is 47.5 Å². The molecule has 34 heavy (non-hydrogen) atoms. The van der Waals surface area contributed by atoms with Crippen LogP contribution in [0.1, 0.15) is 104 Å². The van der Waals surface area contributed by atoms with Gasteiger partial charge in [0.05, 0.1) is 0 Å². The summed E-state index contributed by atoms with van der Waals surface area (Å²) in [6, 6.07) is 10.4. The summed E-state index contributed by atoms with van der Waals surface area (Å²) in [5.74, 6) is 5.86. The predicted octanol–water partition coefficient (Wildman–Crippen LogP) is 8.77. The van der Waals surface area contributed by atoms with E-state index in [4.69, 9.17) is 0 Å². The van der Waals surface area contributed by atoms with Gasteiger partial charge in [0.15, 0.2) is 0 Å². The SMILES string of the molecule is CC(C)CCC[C@@H](C)[C@H]1CC[C@H]2[C@@H]3CCC4CC(O)(c5ccccc5)C=C[C@]4(C)[C@H]3CC[C@]12C. The Morgan fingerprint density at radius 3 is 2.38 bits per heavy atom. The molecule has 0 heterocycles. The van der Waals surface area contributed by atoms with Crippen LogP contribution in [0.2, 0.25) is 0 Å². The fourth-order valence-corrected chi connectivity index (χ4v) is 9.78. The third-order valence-corrected chi connectivity index (χ3v) is 11.7. The second kappa shape index (κ2) is 9.10. The van der Waals surface area contributed by atoms with Crippen molar-refractivity contribution in [1.29, 1.82) is 0 Å². The lowest BCUT2D eigenvalue weighted by Crippen LogP contribution is -2.53. The minimum atomic E-state index is -0.786. The summed E-state index contributed by atoms with van der Waals surface area (Å²) >= 11 is 0. The summed E-state index contributed by atoms with van der Waals surface area (Å²) in [5, 5.41) is 11.6. The number of benzene rings is 1. The van der Waals surface area contributed by atoms with Crippen LogP contribution in [0.25, 0.3) is 0 Å². The highest BCUT2D eigenvalue weighted by atomic mass is 16.3. The first-order valence-corrected chi connectivity index (χ1v) is 14.7. The molecule has 9 atom stereocenters. The normalized spacial score (nSPS) is 44.4. The van der Waals surface area contributed by atoms with Gasteiger partial charge in [-0.1, -0.05) is 96.4 Å². The lowest BCUT2D eigenvalue weighted by Gasteiger charge is -2.60. The summed E-state index contributed by atoms with van der Waals surface area (Å²) in [4.78, 5) is 0. The number of allylic oxidation sites excluding steroid dienone is 1. The molecule has 1 aromatic carbocycles. The monoisotopic (exact) mass is 462 g/mol. The first-order chi connectivity index (χ1) is 16.2. The lowest BCUT2D eigenvalue weighted by molar-refractivity contribution is -0.102. The van der Waals surface area contributed by atoms with Crippen LogP contribution < -0.4 is 0 Å². The smallest absolute Gasteiger partial charge is 0.108 e. The van der Waals surface area contributed by atoms with E-state index in [1.165, 1.54) is 57.8 Å². The molecule has 0 amide bonds. The average Bonchev–Trinajstić information content (AvgIpc) is 3.17. The van der Waals surface area contributed by atoms with E-state index in [-0.39, 0.29) is 5.41 Å². The molecule has 1 heteroatoms. The van der Waals surface area contributed by atoms with Crippen LogP contribution in [-0.2, 0) is 5.60 Å². The first-order valence-electron chi connectivity index (χ1n) is 14.7. The van der Waals surface area contributed by atoms with Gasteiger partial charge in [-0.2, -0.15) is 0 Å². The van der Waals surface area contributed by atoms with Crippen LogP contribution in [0, 0.1) is 52.3 Å². The van der Waals surface area contributed by atoms with E-state index >= 15 is 0 Å². The molecule has 1 N–H and O–H groups in total. The van der Waals surface area contributed by atoms with Crippen molar-refractivity contribution in [2.75, 3.05) is 0 Å². The van der Waals surface area contributed by atoms with Crippen LogP contribution >= 0.6 is 0 Å². The Morgan fingerprint density at radius 1 is 0.882 bits per heavy atom. The molecule has 3 saturated carbocycles. The van der Waals surface area contributed by atoms with Gasteiger partial charge >= 0.3 is 0 Å². The third kappa shape index (κ3) is 4.03. The van der Waals surface area contributed by atoms with Crippen LogP contribution in [0.4, 0.5) is 0 Å². The van der Waals surface area contributed by atoms with Crippen LogP contribution in [-0.4, -0.2) is 5.11 Å². The van der Waals surface area contributed by atoms with E-state index in [2.05, 4.69) is 71.0 Å². The molecule has 5 rings (SSSR count). The number of rotatable bonds is 6. The molecule has 1 nitrogen and oxygen atoms in total. The summed E-state index contributed by atoms with van der Waals surface area (Å²) < 4.78 is 0. The quantitative estimate of drug-likeness (QED) is 0.419. The van der Waals surface area contributed by atoms with Gasteiger partial charge in [-0.15, -0.1) is 0 Å². The lowest BCUT2D eigenvalue weighted by atomic mass is 9.45. The number of hydrogen-bond acceptors (Lipinski definition) is 1. The molecule has 4 aliphatic carbocycles. The van der Waals surface area contributed by atoms with Crippen molar-refractivity contribution in [3.63, 3.8) is 0 Å². The zero-order valence-electron chi connectivity index (χ0n) is 22.6. The second-order valence-electron chi connectivity index (χ2n) is 13.9. The Labute approximate surface area is 209 Å². The molecule has 3 fully saturated rings. The molecule has 0 saturated heterocycles. The predicted molar refractivity (Wildman–Crippen MR) is 143 cm³/mol. The van der Waals surface area contributed by atoms with Crippen LogP contribution in [0.3, 0.4) is 0 Å². The third-order valence-electron chi connectivity index (χ3n) is 11.7. The Balaban J connectivity index is 1.33. The van der Waals surface area contributed by atoms with Gasteiger partial charge in [-0.3, -0.25) is 0 Å². The minimum Gasteiger partial charge on any atom is -0.381 e. The van der Waals surface area contributed by atoms with Gasteiger partial charge in [-0.05, 0) is 103 Å². The van der Waals surface area contributed by atoms with E-state index in [0.29, 0.717) is 11.3 Å². The van der Waals surface area contributed by atoms with Crippen molar-refractivity contribution in [2.24, 2.45) is 52.3 Å². The van der Waals surface area contributed by atoms with E-state index in [9.17, 15) is 5.11 Å². The Morgan fingerprint density at radius 2 is 1.65 bits per heavy atom. The van der Waals surface area contributed by atoms with Gasteiger partial charge in [0, 0.05) is 0 Å². The fraction of sp³-hybridized carbons (Fsp3) is 0.758. The second-order valence-corrected chi connectivity index (χ2v) is 13.9. The van der Waals surface area contributed by atoms with E-state index < -0.39 is 5.60 Å². The zero-order chi connectivity index (χ0) is 24.1. The molecular formula is C33H50O. The molecule has 2 unspecified atom stereocenters. The molecule has 4 aliphatic rings. The van der Waals surface area contributed by atoms with E-state index in [1.807, 2.05) is 6.07 Å². The van der Waals surface area contributed by atoms with Gasteiger partial charge in [-0.25, -0.2) is 0 Å². The zero-order valence-corrected chi connectivity index (χ0v) is 22.6. The van der Waals surface area contributed by atoms with Crippen LogP contribution in [0.5, 0.6) is 0 Å². The van der Waals surface area contributed by atoms with Crippen LogP contribution in [0.15, 0.2) is 42.5 Å². The molecule has 0 spiro atoms. The molecule has 0 radical (unpaired) electrons. The summed E-state index contributed by atoms with van der Waals surface area (Å²) in [7, 11) is 0. The molecule has 188 valence electrons. The van der Waals surface area contributed by atoms with Crippen molar-refractivity contribution < 1.29 is 5.11 Å². The molecule has 0 bridgehead atoms. The summed E-state index contributed by atoms with van der Waals surface area (Å²) in [6.07, 6.45) is 18.2. The maximum atomic E-state index is 11.6.